The molecule has 0 heterocycles. The highest BCUT2D eigenvalue weighted by atomic mass is 16.1. The Kier molecular flexibility index (Phi) is 9.32. The van der Waals surface area contributed by atoms with Gasteiger partial charge in [0.2, 0.25) is 0 Å². The van der Waals surface area contributed by atoms with Gasteiger partial charge >= 0.3 is 0 Å². The van der Waals surface area contributed by atoms with E-state index in [1.807, 2.05) is 18.2 Å². The minimum atomic E-state index is 0.698. The monoisotopic (exact) mass is 270 g/mol. The van der Waals surface area contributed by atoms with Crippen LogP contribution in [0.4, 0.5) is 0 Å². The van der Waals surface area contributed by atoms with Crippen molar-refractivity contribution >= 4 is 6.29 Å². The van der Waals surface area contributed by atoms with E-state index in [4.69, 9.17) is 0 Å². The summed E-state index contributed by atoms with van der Waals surface area (Å²) in [4.78, 5) is 10.7. The minimum absolute atomic E-state index is 0.698. The molecule has 0 bridgehead atoms. The molecule has 0 radical (unpaired) electrons. The van der Waals surface area contributed by atoms with Crippen LogP contribution in [0.25, 0.3) is 0 Å². The highest BCUT2D eigenvalue weighted by molar-refractivity contribution is 5.75. The molecule has 1 heteroatoms. The molecule has 1 nitrogen and oxygen atoms in total. The van der Waals surface area contributed by atoms with Crippen molar-refractivity contribution in [3.8, 4) is 11.8 Å². The molecule has 1 aromatic carbocycles. The summed E-state index contributed by atoms with van der Waals surface area (Å²) in [6.45, 7) is 2.25. The number of hydrogen-bond acceptors (Lipinski definition) is 1. The number of benzene rings is 1. The van der Waals surface area contributed by atoms with Crippen LogP contribution in [0, 0.1) is 11.8 Å². The van der Waals surface area contributed by atoms with Crippen molar-refractivity contribution in [3.05, 3.63) is 35.4 Å². The first-order valence-electron chi connectivity index (χ1n) is 7.91. The lowest BCUT2D eigenvalue weighted by Gasteiger charge is -1.99. The van der Waals surface area contributed by atoms with E-state index in [0.29, 0.717) is 5.56 Å². The summed E-state index contributed by atoms with van der Waals surface area (Å²) in [6, 6.07) is 7.47. The van der Waals surface area contributed by atoms with E-state index < -0.39 is 0 Å². The minimum Gasteiger partial charge on any atom is -0.298 e. The van der Waals surface area contributed by atoms with Crippen molar-refractivity contribution < 1.29 is 4.79 Å². The average molecular weight is 270 g/mol. The van der Waals surface area contributed by atoms with Crippen LogP contribution in [-0.2, 0) is 0 Å². The van der Waals surface area contributed by atoms with Gasteiger partial charge in [0.25, 0.3) is 0 Å². The second-order valence-corrected chi connectivity index (χ2v) is 5.27. The van der Waals surface area contributed by atoms with Crippen LogP contribution in [0.15, 0.2) is 24.3 Å². The number of carbonyl (C=O) groups excluding carboxylic acids is 1. The summed E-state index contributed by atoms with van der Waals surface area (Å²) in [6.07, 6.45) is 12.5. The molecular weight excluding hydrogens is 244 g/mol. The van der Waals surface area contributed by atoms with E-state index in [0.717, 1.165) is 18.3 Å². The fourth-order valence-corrected chi connectivity index (χ4v) is 2.20. The van der Waals surface area contributed by atoms with Gasteiger partial charge in [-0.05, 0) is 18.6 Å². The molecule has 0 atom stereocenters. The highest BCUT2D eigenvalue weighted by Crippen LogP contribution is 2.09. The van der Waals surface area contributed by atoms with E-state index in [9.17, 15) is 4.79 Å². The molecule has 0 fully saturated rings. The fraction of sp³-hybridized carbons (Fsp3) is 0.526. The number of carbonyl (C=O) groups is 1. The molecule has 20 heavy (non-hydrogen) atoms. The van der Waals surface area contributed by atoms with Gasteiger partial charge in [0.1, 0.15) is 6.29 Å². The molecule has 0 saturated carbocycles. The van der Waals surface area contributed by atoms with E-state index in [2.05, 4.69) is 18.8 Å². The largest absolute Gasteiger partial charge is 0.298 e. The van der Waals surface area contributed by atoms with Crippen LogP contribution >= 0.6 is 0 Å². The van der Waals surface area contributed by atoms with Crippen molar-refractivity contribution in [1.29, 1.82) is 0 Å². The maximum Gasteiger partial charge on any atom is 0.150 e. The molecule has 0 aliphatic rings. The van der Waals surface area contributed by atoms with Gasteiger partial charge in [0, 0.05) is 17.5 Å². The number of unbranched alkanes of at least 4 members (excludes halogenated alkanes) is 8. The SMILES string of the molecule is CCCCCCCCCCC#Cc1cccc(C=O)c1. The highest BCUT2D eigenvalue weighted by Gasteiger charge is 1.92. The van der Waals surface area contributed by atoms with Crippen molar-refractivity contribution in [2.75, 3.05) is 0 Å². The van der Waals surface area contributed by atoms with Crippen LogP contribution in [0.3, 0.4) is 0 Å². The average Bonchev–Trinajstić information content (AvgIpc) is 2.49. The summed E-state index contributed by atoms with van der Waals surface area (Å²) in [7, 11) is 0. The van der Waals surface area contributed by atoms with Gasteiger partial charge in [-0.15, -0.1) is 0 Å². The Hall–Kier alpha value is -1.55. The van der Waals surface area contributed by atoms with Gasteiger partial charge < -0.3 is 0 Å². The lowest BCUT2D eigenvalue weighted by molar-refractivity contribution is 0.112. The maximum absolute atomic E-state index is 10.7. The number of aldehydes is 1. The zero-order chi connectivity index (χ0) is 14.5. The van der Waals surface area contributed by atoms with Gasteiger partial charge in [-0.1, -0.05) is 75.8 Å². The summed E-state index contributed by atoms with van der Waals surface area (Å²) >= 11 is 0. The summed E-state index contributed by atoms with van der Waals surface area (Å²) < 4.78 is 0. The number of rotatable bonds is 9. The molecular formula is C19H26O. The normalized spacial score (nSPS) is 9.85. The first kappa shape index (κ1) is 16.5. The molecule has 0 aromatic heterocycles. The molecule has 0 saturated heterocycles. The zero-order valence-electron chi connectivity index (χ0n) is 12.7. The summed E-state index contributed by atoms with van der Waals surface area (Å²) in [5, 5.41) is 0. The van der Waals surface area contributed by atoms with Crippen LogP contribution in [0.5, 0.6) is 0 Å². The standard InChI is InChI=1S/C19H26O/c1-2-3-4-5-6-7-8-9-10-11-13-18-14-12-15-19(16-18)17-20/h12,14-17H,2-10H2,1H3. The Balaban J connectivity index is 2.09. The van der Waals surface area contributed by atoms with Gasteiger partial charge in [-0.3, -0.25) is 4.79 Å². The Bertz CT molecular complexity index is 437. The Morgan fingerprint density at radius 2 is 1.70 bits per heavy atom. The van der Waals surface area contributed by atoms with Gasteiger partial charge in [-0.2, -0.15) is 0 Å². The number of hydrogen-bond donors (Lipinski definition) is 0. The van der Waals surface area contributed by atoms with Gasteiger partial charge in [0.05, 0.1) is 0 Å². The molecule has 1 rings (SSSR count). The third kappa shape index (κ3) is 7.79. The third-order valence-electron chi connectivity index (χ3n) is 3.41. The lowest BCUT2D eigenvalue weighted by Crippen LogP contribution is -1.82. The van der Waals surface area contributed by atoms with Gasteiger partial charge in [0.15, 0.2) is 0 Å². The summed E-state index contributed by atoms with van der Waals surface area (Å²) in [5.74, 6) is 6.33. The zero-order valence-corrected chi connectivity index (χ0v) is 12.7. The van der Waals surface area contributed by atoms with Crippen LogP contribution in [0.1, 0.15) is 80.6 Å². The maximum atomic E-state index is 10.7. The van der Waals surface area contributed by atoms with Crippen molar-refractivity contribution in [3.63, 3.8) is 0 Å². The topological polar surface area (TPSA) is 17.1 Å². The van der Waals surface area contributed by atoms with E-state index >= 15 is 0 Å². The first-order chi connectivity index (χ1) is 9.86. The molecule has 0 aliphatic heterocycles. The lowest BCUT2D eigenvalue weighted by atomic mass is 10.1. The van der Waals surface area contributed by atoms with Crippen molar-refractivity contribution in [2.24, 2.45) is 0 Å². The molecule has 0 N–H and O–H groups in total. The van der Waals surface area contributed by atoms with Crippen LogP contribution in [0.2, 0.25) is 0 Å². The van der Waals surface area contributed by atoms with E-state index in [1.54, 1.807) is 6.07 Å². The third-order valence-corrected chi connectivity index (χ3v) is 3.41. The molecule has 108 valence electrons. The first-order valence-corrected chi connectivity index (χ1v) is 7.91. The Labute approximate surface area is 123 Å². The van der Waals surface area contributed by atoms with Crippen LogP contribution in [-0.4, -0.2) is 6.29 Å². The molecule has 0 amide bonds. The molecule has 0 spiro atoms. The predicted molar refractivity (Wildman–Crippen MR) is 85.9 cm³/mol. The van der Waals surface area contributed by atoms with Crippen LogP contribution < -0.4 is 0 Å². The second kappa shape index (κ2) is 11.3. The molecule has 0 unspecified atom stereocenters. The van der Waals surface area contributed by atoms with E-state index in [1.165, 1.54) is 51.4 Å². The van der Waals surface area contributed by atoms with Crippen molar-refractivity contribution in [1.82, 2.24) is 0 Å². The predicted octanol–water partition coefficient (Wildman–Crippen LogP) is 5.38. The smallest absolute Gasteiger partial charge is 0.150 e. The van der Waals surface area contributed by atoms with Crippen molar-refractivity contribution in [2.45, 2.75) is 64.7 Å². The summed E-state index contributed by atoms with van der Waals surface area (Å²) in [5.41, 5.74) is 1.64. The quantitative estimate of drug-likeness (QED) is 0.334. The Morgan fingerprint density at radius 1 is 1.00 bits per heavy atom. The molecule has 0 aliphatic carbocycles. The Morgan fingerprint density at radius 3 is 2.40 bits per heavy atom. The van der Waals surface area contributed by atoms with Gasteiger partial charge in [-0.25, -0.2) is 0 Å². The molecule has 1 aromatic rings. The fourth-order valence-electron chi connectivity index (χ4n) is 2.20. The second-order valence-electron chi connectivity index (χ2n) is 5.27. The van der Waals surface area contributed by atoms with E-state index in [-0.39, 0.29) is 0 Å².